The third-order valence-corrected chi connectivity index (χ3v) is 3.10. The molecule has 20 heavy (non-hydrogen) atoms. The van der Waals surface area contributed by atoms with Crippen LogP contribution in [0.2, 0.25) is 0 Å². The highest BCUT2D eigenvalue weighted by Gasteiger charge is 2.23. The molecule has 102 valence electrons. The summed E-state index contributed by atoms with van der Waals surface area (Å²) in [6, 6.07) is 9.07. The summed E-state index contributed by atoms with van der Waals surface area (Å²) in [5.41, 5.74) is 1.24. The smallest absolute Gasteiger partial charge is 0.171 e. The molecule has 0 aliphatic rings. The van der Waals surface area contributed by atoms with Gasteiger partial charge in [-0.05, 0) is 13.3 Å². The van der Waals surface area contributed by atoms with Gasteiger partial charge in [0.15, 0.2) is 5.78 Å². The van der Waals surface area contributed by atoms with Crippen molar-refractivity contribution in [3.8, 4) is 0 Å². The maximum absolute atomic E-state index is 12.6. The van der Waals surface area contributed by atoms with Crippen LogP contribution in [0.15, 0.2) is 48.9 Å². The summed E-state index contributed by atoms with van der Waals surface area (Å²) < 4.78 is 0. The van der Waals surface area contributed by atoms with E-state index in [-0.39, 0.29) is 11.6 Å². The topological polar surface area (TPSA) is 59.9 Å². The summed E-state index contributed by atoms with van der Waals surface area (Å²) in [6.45, 7) is 1.53. The van der Waals surface area contributed by atoms with Crippen LogP contribution in [0.4, 0.5) is 0 Å². The molecule has 2 rings (SSSR count). The number of hydrogen-bond acceptors (Lipinski definition) is 4. The number of Topliss-reactive ketones (excluding diaryl/α,β-unsaturated/α-hetero) is 2. The molecule has 0 fully saturated rings. The summed E-state index contributed by atoms with van der Waals surface area (Å²) in [6.07, 6.45) is 5.54. The number of benzene rings is 1. The summed E-state index contributed by atoms with van der Waals surface area (Å²) in [5.74, 6) is -0.373. The van der Waals surface area contributed by atoms with E-state index >= 15 is 0 Å². The molecular weight excluding hydrogens is 252 g/mol. The molecule has 0 N–H and O–H groups in total. The van der Waals surface area contributed by atoms with Crippen LogP contribution in [0, 0.1) is 0 Å². The Labute approximate surface area is 117 Å². The highest BCUT2D eigenvalue weighted by molar-refractivity contribution is 6.00. The second-order valence-corrected chi connectivity index (χ2v) is 4.65. The first kappa shape index (κ1) is 14.1. The lowest BCUT2D eigenvalue weighted by atomic mass is 9.90. The van der Waals surface area contributed by atoms with Crippen molar-refractivity contribution in [3.63, 3.8) is 0 Å². The molecule has 0 saturated carbocycles. The van der Waals surface area contributed by atoms with Gasteiger partial charge in [0.05, 0.1) is 11.6 Å². The molecule has 1 heterocycles. The average Bonchev–Trinajstić information content (AvgIpc) is 2.49. The zero-order valence-electron chi connectivity index (χ0n) is 11.3. The van der Waals surface area contributed by atoms with Crippen LogP contribution in [0.1, 0.15) is 41.7 Å². The van der Waals surface area contributed by atoms with Gasteiger partial charge in [-0.1, -0.05) is 30.3 Å². The van der Waals surface area contributed by atoms with Gasteiger partial charge in [0, 0.05) is 30.6 Å². The Kier molecular flexibility index (Phi) is 4.71. The van der Waals surface area contributed by atoms with E-state index in [1.165, 1.54) is 6.92 Å². The van der Waals surface area contributed by atoms with Crippen LogP contribution in [0.3, 0.4) is 0 Å². The number of aromatic nitrogens is 2. The van der Waals surface area contributed by atoms with Crippen LogP contribution in [-0.2, 0) is 4.79 Å². The minimum Gasteiger partial charge on any atom is -0.300 e. The van der Waals surface area contributed by atoms with E-state index in [9.17, 15) is 9.59 Å². The third kappa shape index (κ3) is 3.57. The van der Waals surface area contributed by atoms with Crippen molar-refractivity contribution >= 4 is 11.6 Å². The van der Waals surface area contributed by atoms with E-state index in [1.807, 2.05) is 18.2 Å². The van der Waals surface area contributed by atoms with E-state index in [0.717, 1.165) is 0 Å². The lowest BCUT2D eigenvalue weighted by molar-refractivity contribution is -0.117. The molecule has 0 aliphatic heterocycles. The quantitative estimate of drug-likeness (QED) is 0.756. The van der Waals surface area contributed by atoms with Crippen molar-refractivity contribution in [3.05, 3.63) is 60.2 Å². The van der Waals surface area contributed by atoms with Crippen LogP contribution in [0.25, 0.3) is 0 Å². The lowest BCUT2D eigenvalue weighted by Crippen LogP contribution is -2.15. The Hall–Kier alpha value is -2.36. The van der Waals surface area contributed by atoms with E-state index in [2.05, 4.69) is 9.97 Å². The van der Waals surface area contributed by atoms with Gasteiger partial charge in [-0.3, -0.25) is 14.8 Å². The molecule has 0 bridgehead atoms. The van der Waals surface area contributed by atoms with Gasteiger partial charge >= 0.3 is 0 Å². The predicted octanol–water partition coefficient (Wildman–Crippen LogP) is 2.81. The molecule has 2 aromatic rings. The molecule has 1 atom stereocenters. The summed E-state index contributed by atoms with van der Waals surface area (Å²) in [5, 5.41) is 0. The maximum Gasteiger partial charge on any atom is 0.171 e. The Bertz CT molecular complexity index is 582. The number of ketones is 2. The first-order valence-electron chi connectivity index (χ1n) is 6.53. The fourth-order valence-electron chi connectivity index (χ4n) is 2.06. The van der Waals surface area contributed by atoms with Crippen LogP contribution in [-0.4, -0.2) is 21.5 Å². The summed E-state index contributed by atoms with van der Waals surface area (Å²) in [4.78, 5) is 32.0. The number of carbonyl (C=O) groups is 2. The number of carbonyl (C=O) groups excluding carboxylic acids is 2. The van der Waals surface area contributed by atoms with E-state index < -0.39 is 5.92 Å². The third-order valence-electron chi connectivity index (χ3n) is 3.10. The minimum absolute atomic E-state index is 0.0210. The zero-order valence-corrected chi connectivity index (χ0v) is 11.3. The SMILES string of the molecule is CC(=O)CCC(C(=O)c1ccccc1)c1cnccn1. The van der Waals surface area contributed by atoms with Gasteiger partial charge < -0.3 is 4.79 Å². The first-order valence-corrected chi connectivity index (χ1v) is 6.53. The van der Waals surface area contributed by atoms with Crippen LogP contribution >= 0.6 is 0 Å². The van der Waals surface area contributed by atoms with Gasteiger partial charge in [0.2, 0.25) is 0 Å². The molecule has 1 aromatic carbocycles. The van der Waals surface area contributed by atoms with Gasteiger partial charge in [0.1, 0.15) is 5.78 Å². The molecule has 4 heteroatoms. The molecule has 0 spiro atoms. The second-order valence-electron chi connectivity index (χ2n) is 4.65. The molecule has 0 radical (unpaired) electrons. The molecule has 4 nitrogen and oxygen atoms in total. The fourth-order valence-corrected chi connectivity index (χ4v) is 2.06. The Morgan fingerprint density at radius 1 is 1.15 bits per heavy atom. The molecule has 0 aliphatic carbocycles. The Morgan fingerprint density at radius 2 is 1.90 bits per heavy atom. The molecular formula is C16H16N2O2. The van der Waals surface area contributed by atoms with Gasteiger partial charge in [-0.2, -0.15) is 0 Å². The molecule has 0 amide bonds. The van der Waals surface area contributed by atoms with E-state index in [0.29, 0.717) is 24.1 Å². The zero-order chi connectivity index (χ0) is 14.4. The molecule has 1 unspecified atom stereocenters. The van der Waals surface area contributed by atoms with Crippen molar-refractivity contribution < 1.29 is 9.59 Å². The van der Waals surface area contributed by atoms with Gasteiger partial charge in [-0.15, -0.1) is 0 Å². The van der Waals surface area contributed by atoms with Crippen molar-refractivity contribution in [2.75, 3.05) is 0 Å². The van der Waals surface area contributed by atoms with Crippen molar-refractivity contribution in [1.29, 1.82) is 0 Å². The van der Waals surface area contributed by atoms with E-state index in [1.54, 1.807) is 30.7 Å². The normalized spacial score (nSPS) is 11.8. The number of nitrogens with zero attached hydrogens (tertiary/aromatic N) is 2. The molecule has 1 aromatic heterocycles. The average molecular weight is 268 g/mol. The number of rotatable bonds is 6. The highest BCUT2D eigenvalue weighted by Crippen LogP contribution is 2.23. The Morgan fingerprint density at radius 3 is 2.50 bits per heavy atom. The Balaban J connectivity index is 2.27. The van der Waals surface area contributed by atoms with Crippen molar-refractivity contribution in [1.82, 2.24) is 9.97 Å². The highest BCUT2D eigenvalue weighted by atomic mass is 16.1. The van der Waals surface area contributed by atoms with Crippen molar-refractivity contribution in [2.24, 2.45) is 0 Å². The maximum atomic E-state index is 12.6. The predicted molar refractivity (Wildman–Crippen MR) is 75.5 cm³/mol. The van der Waals surface area contributed by atoms with Crippen molar-refractivity contribution in [2.45, 2.75) is 25.7 Å². The summed E-state index contributed by atoms with van der Waals surface area (Å²) >= 11 is 0. The first-order chi connectivity index (χ1) is 9.68. The van der Waals surface area contributed by atoms with Crippen LogP contribution < -0.4 is 0 Å². The van der Waals surface area contributed by atoms with E-state index in [4.69, 9.17) is 0 Å². The van der Waals surface area contributed by atoms with Gasteiger partial charge in [-0.25, -0.2) is 0 Å². The monoisotopic (exact) mass is 268 g/mol. The standard InChI is InChI=1S/C16H16N2O2/c1-12(19)7-8-14(15-11-17-9-10-18-15)16(20)13-5-3-2-4-6-13/h2-6,9-11,14H,7-8H2,1H3. The lowest BCUT2D eigenvalue weighted by Gasteiger charge is -2.14. The molecule has 0 saturated heterocycles. The van der Waals surface area contributed by atoms with Gasteiger partial charge in [0.25, 0.3) is 0 Å². The minimum atomic E-state index is -0.421. The number of hydrogen-bond donors (Lipinski definition) is 0. The van der Waals surface area contributed by atoms with Crippen LogP contribution in [0.5, 0.6) is 0 Å². The summed E-state index contributed by atoms with van der Waals surface area (Å²) in [7, 11) is 0. The fraction of sp³-hybridized carbons (Fsp3) is 0.250. The second kappa shape index (κ2) is 6.70. The largest absolute Gasteiger partial charge is 0.300 e.